The van der Waals surface area contributed by atoms with Crippen LogP contribution in [0.2, 0.25) is 0 Å². The maximum Gasteiger partial charge on any atom is 0.226 e. The molecule has 5 heteroatoms. The number of nitrogens with zero attached hydrogens (tertiary/aromatic N) is 1. The Balaban J connectivity index is 1.75. The van der Waals surface area contributed by atoms with Gasteiger partial charge in [-0.1, -0.05) is 12.1 Å². The van der Waals surface area contributed by atoms with E-state index < -0.39 is 5.82 Å². The Kier molecular flexibility index (Phi) is 5.99. The van der Waals surface area contributed by atoms with Crippen LogP contribution in [0.5, 0.6) is 5.75 Å². The fourth-order valence-electron chi connectivity index (χ4n) is 2.72. The Labute approximate surface area is 125 Å². The molecule has 1 fully saturated rings. The minimum atomic E-state index is -0.392. The van der Waals surface area contributed by atoms with Crippen LogP contribution >= 0.6 is 0 Å². The summed E-state index contributed by atoms with van der Waals surface area (Å²) in [4.78, 5) is 14.1. The van der Waals surface area contributed by atoms with Gasteiger partial charge in [-0.15, -0.1) is 0 Å². The van der Waals surface area contributed by atoms with Crippen molar-refractivity contribution >= 4 is 5.91 Å². The number of benzene rings is 1. The number of piperidine rings is 1. The van der Waals surface area contributed by atoms with Crippen molar-refractivity contribution in [3.05, 3.63) is 30.1 Å². The van der Waals surface area contributed by atoms with Crippen molar-refractivity contribution in [3.8, 4) is 5.75 Å². The van der Waals surface area contributed by atoms with E-state index in [2.05, 4.69) is 5.32 Å². The molecule has 0 radical (unpaired) electrons. The summed E-state index contributed by atoms with van der Waals surface area (Å²) in [5.74, 6) is 0.432. The van der Waals surface area contributed by atoms with Gasteiger partial charge in [0.05, 0.1) is 13.0 Å². The normalized spacial score (nSPS) is 18.6. The van der Waals surface area contributed by atoms with E-state index in [1.54, 1.807) is 18.2 Å². The molecule has 21 heavy (non-hydrogen) atoms. The molecule has 0 bridgehead atoms. The van der Waals surface area contributed by atoms with Gasteiger partial charge in [0.15, 0.2) is 11.6 Å². The minimum Gasteiger partial charge on any atom is -0.490 e. The minimum absolute atomic E-state index is 0.0899. The molecular formula is C16H23FN2O2. The highest BCUT2D eigenvalue weighted by atomic mass is 19.1. The highest BCUT2D eigenvalue weighted by Crippen LogP contribution is 2.18. The molecule has 1 aromatic carbocycles. The first-order valence-corrected chi connectivity index (χ1v) is 7.50. The van der Waals surface area contributed by atoms with Gasteiger partial charge >= 0.3 is 0 Å². The van der Waals surface area contributed by atoms with E-state index in [-0.39, 0.29) is 18.3 Å². The van der Waals surface area contributed by atoms with E-state index in [1.807, 2.05) is 11.9 Å². The summed E-state index contributed by atoms with van der Waals surface area (Å²) in [7, 11) is 1.93. The van der Waals surface area contributed by atoms with E-state index in [9.17, 15) is 9.18 Å². The summed E-state index contributed by atoms with van der Waals surface area (Å²) in [6.45, 7) is 2.78. The van der Waals surface area contributed by atoms with Crippen LogP contribution in [0.15, 0.2) is 24.3 Å². The van der Waals surface area contributed by atoms with Crippen molar-refractivity contribution in [3.63, 3.8) is 0 Å². The summed E-state index contributed by atoms with van der Waals surface area (Å²) in [5.41, 5.74) is 0. The lowest BCUT2D eigenvalue weighted by Crippen LogP contribution is -2.42. The van der Waals surface area contributed by atoms with Gasteiger partial charge in [0.25, 0.3) is 0 Å². The number of likely N-dealkylation sites (tertiary alicyclic amines) is 1. The number of halogens is 1. The number of amides is 1. The number of carbonyl (C=O) groups excluding carboxylic acids is 1. The number of hydrogen-bond donors (Lipinski definition) is 1. The van der Waals surface area contributed by atoms with E-state index in [0.717, 1.165) is 32.5 Å². The molecule has 0 aromatic heterocycles. The van der Waals surface area contributed by atoms with Crippen molar-refractivity contribution in [2.24, 2.45) is 5.92 Å². The Morgan fingerprint density at radius 2 is 2.29 bits per heavy atom. The van der Waals surface area contributed by atoms with Crippen LogP contribution in [-0.4, -0.2) is 44.1 Å². The second-order valence-corrected chi connectivity index (χ2v) is 5.43. The third-order valence-electron chi connectivity index (χ3n) is 3.77. The molecule has 0 spiro atoms. The summed E-state index contributed by atoms with van der Waals surface area (Å²) in [5, 5.41) is 3.16. The van der Waals surface area contributed by atoms with Crippen LogP contribution in [0.1, 0.15) is 19.3 Å². The number of carbonyl (C=O) groups is 1. The number of ether oxygens (including phenoxy) is 1. The third-order valence-corrected chi connectivity index (χ3v) is 3.77. The van der Waals surface area contributed by atoms with Gasteiger partial charge in [-0.05, 0) is 44.5 Å². The van der Waals surface area contributed by atoms with Gasteiger partial charge in [-0.3, -0.25) is 4.79 Å². The van der Waals surface area contributed by atoms with Crippen LogP contribution in [0.25, 0.3) is 0 Å². The van der Waals surface area contributed by atoms with E-state index in [1.165, 1.54) is 6.07 Å². The maximum atomic E-state index is 13.4. The molecule has 1 aliphatic heterocycles. The zero-order valence-electron chi connectivity index (χ0n) is 12.5. The lowest BCUT2D eigenvalue weighted by molar-refractivity contribution is -0.133. The van der Waals surface area contributed by atoms with Gasteiger partial charge in [0.2, 0.25) is 5.91 Å². The Hall–Kier alpha value is -1.62. The summed E-state index contributed by atoms with van der Waals surface area (Å²) in [6, 6.07) is 6.25. The molecule has 2 rings (SSSR count). The van der Waals surface area contributed by atoms with Gasteiger partial charge in [-0.2, -0.15) is 0 Å². The summed E-state index contributed by atoms with van der Waals surface area (Å²) >= 11 is 0. The van der Waals surface area contributed by atoms with Crippen LogP contribution in [0, 0.1) is 11.7 Å². The number of rotatable bonds is 6. The van der Waals surface area contributed by atoms with E-state index in [0.29, 0.717) is 12.3 Å². The first-order valence-electron chi connectivity index (χ1n) is 7.50. The Bertz CT molecular complexity index is 465. The fourth-order valence-corrected chi connectivity index (χ4v) is 2.72. The molecule has 4 nitrogen and oxygen atoms in total. The average molecular weight is 294 g/mol. The summed E-state index contributed by atoms with van der Waals surface area (Å²) < 4.78 is 18.7. The monoisotopic (exact) mass is 294 g/mol. The van der Waals surface area contributed by atoms with Crippen LogP contribution in [0.3, 0.4) is 0 Å². The van der Waals surface area contributed by atoms with Crippen molar-refractivity contribution in [2.75, 3.05) is 33.3 Å². The predicted molar refractivity (Wildman–Crippen MR) is 79.7 cm³/mol. The lowest BCUT2D eigenvalue weighted by Gasteiger charge is -2.32. The molecule has 1 N–H and O–H groups in total. The van der Waals surface area contributed by atoms with E-state index in [4.69, 9.17) is 4.74 Å². The smallest absolute Gasteiger partial charge is 0.226 e. The lowest BCUT2D eigenvalue weighted by atomic mass is 9.98. The molecule has 0 saturated carbocycles. The van der Waals surface area contributed by atoms with Gasteiger partial charge in [0, 0.05) is 13.1 Å². The second kappa shape index (κ2) is 7.98. The molecule has 1 saturated heterocycles. The molecule has 1 aromatic rings. The Morgan fingerprint density at radius 3 is 3.05 bits per heavy atom. The number of para-hydroxylation sites is 1. The van der Waals surface area contributed by atoms with Crippen LogP contribution in [-0.2, 0) is 4.79 Å². The second-order valence-electron chi connectivity index (χ2n) is 5.43. The van der Waals surface area contributed by atoms with Crippen molar-refractivity contribution in [1.29, 1.82) is 0 Å². The first kappa shape index (κ1) is 15.8. The molecule has 116 valence electrons. The SMILES string of the molecule is CNC[C@@H]1CCCN(C(=O)CCOc2ccccc2F)C1. The van der Waals surface area contributed by atoms with Gasteiger partial charge in [0.1, 0.15) is 0 Å². The fraction of sp³-hybridized carbons (Fsp3) is 0.562. The topological polar surface area (TPSA) is 41.6 Å². The van der Waals surface area contributed by atoms with Gasteiger partial charge < -0.3 is 15.0 Å². The maximum absolute atomic E-state index is 13.4. The largest absolute Gasteiger partial charge is 0.490 e. The van der Waals surface area contributed by atoms with E-state index >= 15 is 0 Å². The van der Waals surface area contributed by atoms with Gasteiger partial charge in [-0.25, -0.2) is 4.39 Å². The molecule has 1 atom stereocenters. The molecule has 1 heterocycles. The number of hydrogen-bond acceptors (Lipinski definition) is 3. The Morgan fingerprint density at radius 1 is 1.48 bits per heavy atom. The zero-order chi connectivity index (χ0) is 15.1. The van der Waals surface area contributed by atoms with Crippen molar-refractivity contribution in [2.45, 2.75) is 19.3 Å². The van der Waals surface area contributed by atoms with Crippen LogP contribution in [0.4, 0.5) is 4.39 Å². The average Bonchev–Trinajstić information content (AvgIpc) is 2.50. The third kappa shape index (κ3) is 4.70. The molecule has 1 amide bonds. The zero-order valence-corrected chi connectivity index (χ0v) is 12.5. The first-order chi connectivity index (χ1) is 10.2. The highest BCUT2D eigenvalue weighted by molar-refractivity contribution is 5.76. The standard InChI is InChI=1S/C16H23FN2O2/c1-18-11-13-5-4-9-19(12-13)16(20)8-10-21-15-7-3-2-6-14(15)17/h2-3,6-7,13,18H,4-5,8-12H2,1H3/t13-/m0/s1. The highest BCUT2D eigenvalue weighted by Gasteiger charge is 2.22. The van der Waals surface area contributed by atoms with Crippen molar-refractivity contribution < 1.29 is 13.9 Å². The molecule has 0 unspecified atom stereocenters. The van der Waals surface area contributed by atoms with Crippen LogP contribution < -0.4 is 10.1 Å². The van der Waals surface area contributed by atoms with Crippen molar-refractivity contribution in [1.82, 2.24) is 10.2 Å². The summed E-state index contributed by atoms with van der Waals surface area (Å²) in [6.07, 6.45) is 2.50. The molecule has 0 aliphatic carbocycles. The molecule has 1 aliphatic rings. The predicted octanol–water partition coefficient (Wildman–Crippen LogP) is 2.05. The molecular weight excluding hydrogens is 271 g/mol. The number of nitrogens with one attached hydrogen (secondary N) is 1. The quantitative estimate of drug-likeness (QED) is 0.873.